The fraction of sp³-hybridized carbons (Fsp3) is 1.00. The van der Waals surface area contributed by atoms with Crippen molar-refractivity contribution in [1.29, 1.82) is 0 Å². The van der Waals surface area contributed by atoms with Crippen LogP contribution in [-0.2, 0) is 9.05 Å². The van der Waals surface area contributed by atoms with Crippen molar-refractivity contribution in [2.45, 2.75) is 0 Å². The molecule has 0 amide bonds. The van der Waals surface area contributed by atoms with E-state index in [0.29, 0.717) is 0 Å². The minimum absolute atomic E-state index is 0.975. The lowest BCUT2D eigenvalue weighted by molar-refractivity contribution is -0.163. The maximum atomic E-state index is 9.45. The van der Waals surface area contributed by atoms with Gasteiger partial charge in [-0.1, -0.05) is 0 Å². The third-order valence-corrected chi connectivity index (χ3v) is 0. The van der Waals surface area contributed by atoms with Crippen LogP contribution in [0.25, 0.3) is 0 Å². The predicted octanol–water partition coefficient (Wildman–Crippen LogP) is -0.772. The van der Waals surface area contributed by atoms with Crippen molar-refractivity contribution in [3.05, 3.63) is 0 Å². The summed E-state index contributed by atoms with van der Waals surface area (Å²) >= 11 is 0. The Kier molecular flexibility index (Phi) is 1.20. The molecule has 0 radical (unpaired) electrons. The van der Waals surface area contributed by atoms with Crippen LogP contribution < -0.4 is 0 Å². The van der Waals surface area contributed by atoms with Gasteiger partial charge in [0.25, 0.3) is 0 Å². The summed E-state index contributed by atoms with van der Waals surface area (Å²) in [5.41, 5.74) is 0. The molecule has 0 unspecified atom stereocenters. The molecule has 0 N–H and O–H groups in total. The second-order valence-corrected chi connectivity index (χ2v) is 3.93. The van der Waals surface area contributed by atoms with Gasteiger partial charge in [0.05, 0.1) is 6.26 Å². The first-order valence-corrected chi connectivity index (χ1v) is 3.72. The Morgan fingerprint density at radius 2 is 1.60 bits per heavy atom. The molecule has 0 aromatic carbocycles. The van der Waals surface area contributed by atoms with Crippen LogP contribution in [0.2, 0.25) is 0 Å². The zero-order valence-electron chi connectivity index (χ0n) is 2.63. The highest BCUT2D eigenvalue weighted by Gasteiger charge is 1.96. The maximum Gasteiger partial charge on any atom is 0.376 e. The topological polar surface area (TPSA) is 34.1 Å². The Labute approximate surface area is 35.2 Å². The van der Waals surface area contributed by atoms with Gasteiger partial charge in [-0.2, -0.15) is 8.42 Å². The van der Waals surface area contributed by atoms with Crippen molar-refractivity contribution in [1.82, 2.24) is 0 Å². The van der Waals surface area contributed by atoms with Crippen LogP contribution in [0.15, 0.2) is 0 Å². The first-order valence-electron chi connectivity index (χ1n) is 0.908. The largest absolute Gasteiger partial charge is 0.376 e. The third kappa shape index (κ3) is 369. The van der Waals surface area contributed by atoms with Crippen LogP contribution in [-0.4, -0.2) is 14.7 Å². The van der Waals surface area contributed by atoms with Crippen LogP contribution in [0.4, 0.5) is 0 Å². The van der Waals surface area contributed by atoms with E-state index in [-0.39, 0.29) is 0 Å². The standard InChI is InChI=1S/CH4ClO2S/c1-5(2,3)4/h2H,1H3/q+1. The van der Waals surface area contributed by atoms with Crippen molar-refractivity contribution in [2.75, 3.05) is 6.26 Å². The van der Waals surface area contributed by atoms with E-state index in [1.807, 2.05) is 0 Å². The fourth-order valence-electron chi connectivity index (χ4n) is 0. The molecule has 0 aliphatic carbocycles. The van der Waals surface area contributed by atoms with Crippen LogP contribution in [0, 0.1) is 10.7 Å². The van der Waals surface area contributed by atoms with Crippen molar-refractivity contribution < 1.29 is 19.1 Å². The van der Waals surface area contributed by atoms with E-state index in [1.54, 1.807) is 0 Å². The third-order valence-electron chi connectivity index (χ3n) is 0. The second kappa shape index (κ2) is 1.14. The van der Waals surface area contributed by atoms with E-state index in [0.717, 1.165) is 6.26 Å². The number of hydrogen-bond acceptors (Lipinski definition) is 2. The molecule has 4 heteroatoms. The Hall–Kier alpha value is 0.240. The van der Waals surface area contributed by atoms with E-state index in [4.69, 9.17) is 0 Å². The minimum atomic E-state index is -3.08. The SMILES string of the molecule is CS(=O)(=O)[ClH+]. The summed E-state index contributed by atoms with van der Waals surface area (Å²) in [6.07, 6.45) is 0.975. The van der Waals surface area contributed by atoms with E-state index in [1.165, 1.54) is 0 Å². The molecule has 0 heterocycles. The molecular weight excluding hydrogens is 112 g/mol. The average molecular weight is 116 g/mol. The maximum absolute atomic E-state index is 9.45. The van der Waals surface area contributed by atoms with Gasteiger partial charge < -0.3 is 0 Å². The van der Waals surface area contributed by atoms with Gasteiger partial charge in [0.2, 0.25) is 10.7 Å². The molecule has 0 atom stereocenters. The van der Waals surface area contributed by atoms with Gasteiger partial charge in [-0.05, 0) is 0 Å². The van der Waals surface area contributed by atoms with Crippen LogP contribution in [0.3, 0.4) is 0 Å². The molecule has 0 bridgehead atoms. The molecule has 0 saturated heterocycles. The fourth-order valence-corrected chi connectivity index (χ4v) is 0. The molecule has 0 spiro atoms. The summed E-state index contributed by atoms with van der Waals surface area (Å²) < 4.78 is 18.9. The average Bonchev–Trinajstić information content (AvgIpc) is 0.722. The highest BCUT2D eigenvalue weighted by Crippen LogP contribution is 1.65. The van der Waals surface area contributed by atoms with Gasteiger partial charge >= 0.3 is 9.05 Å². The van der Waals surface area contributed by atoms with Gasteiger partial charge in [-0.25, -0.2) is 0 Å². The molecule has 2 nitrogen and oxygen atoms in total. The summed E-state index contributed by atoms with van der Waals surface area (Å²) in [5.74, 6) is 0. The Bertz CT molecular complexity index is 92.8. The van der Waals surface area contributed by atoms with Gasteiger partial charge in [0.1, 0.15) is 0 Å². The van der Waals surface area contributed by atoms with Crippen LogP contribution in [0.1, 0.15) is 0 Å². The molecule has 5 heavy (non-hydrogen) atoms. The quantitative estimate of drug-likeness (QED) is 0.389. The Balaban J connectivity index is 4.06. The predicted molar refractivity (Wildman–Crippen MR) is 16.2 cm³/mol. The van der Waals surface area contributed by atoms with Gasteiger partial charge in [0, 0.05) is 0 Å². The Morgan fingerprint density at radius 3 is 1.60 bits per heavy atom. The first kappa shape index (κ1) is 5.24. The van der Waals surface area contributed by atoms with Crippen molar-refractivity contribution in [3.8, 4) is 0 Å². The lowest BCUT2D eigenvalue weighted by Gasteiger charge is -1.53. The summed E-state index contributed by atoms with van der Waals surface area (Å²) in [7, 11) is 0.715. The number of halogens is 1. The van der Waals surface area contributed by atoms with Crippen molar-refractivity contribution >= 4 is 9.05 Å². The van der Waals surface area contributed by atoms with Crippen LogP contribution >= 0.6 is 0 Å². The van der Waals surface area contributed by atoms with E-state index in [9.17, 15) is 8.42 Å². The van der Waals surface area contributed by atoms with Crippen LogP contribution in [0.5, 0.6) is 0 Å². The zero-order valence-corrected chi connectivity index (χ0v) is 4.27. The normalized spacial score (nSPS) is 11.6. The lowest BCUT2D eigenvalue weighted by atomic mass is 12.0. The molecule has 0 rings (SSSR count). The minimum Gasteiger partial charge on any atom is -0.168 e. The molecule has 0 fully saturated rings. The molecule has 0 aromatic heterocycles. The smallest absolute Gasteiger partial charge is 0.168 e. The lowest BCUT2D eigenvalue weighted by Crippen LogP contribution is -1.83. The van der Waals surface area contributed by atoms with E-state index in [2.05, 4.69) is 10.7 Å². The Morgan fingerprint density at radius 1 is 1.60 bits per heavy atom. The zero-order chi connectivity index (χ0) is 4.50. The summed E-state index contributed by atoms with van der Waals surface area (Å²) in [6.45, 7) is 0. The number of rotatable bonds is 0. The second-order valence-electron chi connectivity index (χ2n) is 0.704. The van der Waals surface area contributed by atoms with E-state index < -0.39 is 9.05 Å². The summed E-state index contributed by atoms with van der Waals surface area (Å²) in [4.78, 5) is 0. The van der Waals surface area contributed by atoms with Gasteiger partial charge in [-0.3, -0.25) is 0 Å². The molecule has 0 saturated carbocycles. The first-order chi connectivity index (χ1) is 2.00. The molecule has 32 valence electrons. The van der Waals surface area contributed by atoms with Gasteiger partial charge in [0.15, 0.2) is 0 Å². The number of hydrogen-bond donors (Lipinski definition) is 0. The molecular formula is CH4ClO2S+. The summed E-state index contributed by atoms with van der Waals surface area (Å²) in [6, 6.07) is 0. The summed E-state index contributed by atoms with van der Waals surface area (Å²) in [5, 5.41) is 0. The van der Waals surface area contributed by atoms with E-state index >= 15 is 0 Å². The molecule has 0 aliphatic heterocycles. The van der Waals surface area contributed by atoms with Crippen molar-refractivity contribution in [3.63, 3.8) is 0 Å². The highest BCUT2D eigenvalue weighted by atomic mass is 35.7. The molecule has 0 aromatic rings. The van der Waals surface area contributed by atoms with Gasteiger partial charge in [-0.15, -0.1) is 0 Å². The van der Waals surface area contributed by atoms with Crippen molar-refractivity contribution in [2.24, 2.45) is 0 Å². The molecule has 0 aliphatic rings. The highest BCUT2D eigenvalue weighted by molar-refractivity contribution is 7.83. The monoisotopic (exact) mass is 115 g/mol.